The lowest BCUT2D eigenvalue weighted by Crippen LogP contribution is -2.48. The van der Waals surface area contributed by atoms with E-state index in [-0.39, 0.29) is 5.56 Å². The van der Waals surface area contributed by atoms with Crippen molar-refractivity contribution in [2.75, 3.05) is 26.2 Å². The number of aromatic nitrogens is 3. The molecule has 1 atom stereocenters. The van der Waals surface area contributed by atoms with Gasteiger partial charge in [-0.3, -0.25) is 14.6 Å². The minimum Gasteiger partial charge on any atom is -0.480 e. The maximum atomic E-state index is 12.2. The Morgan fingerprint density at radius 2 is 1.90 bits per heavy atom. The number of aryl methyl sites for hydroxylation is 2. The van der Waals surface area contributed by atoms with Gasteiger partial charge in [-0.05, 0) is 25.1 Å². The van der Waals surface area contributed by atoms with Crippen LogP contribution in [0, 0.1) is 6.92 Å². The lowest BCUT2D eigenvalue weighted by atomic mass is 10.0. The number of carboxylic acid groups (broad SMARTS) is 2. The Hall–Kier alpha value is -3.24. The van der Waals surface area contributed by atoms with E-state index in [1.165, 1.54) is 6.07 Å². The number of nitrogens with zero attached hydrogens (tertiary/aromatic N) is 5. The SMILES string of the molecule is Cc1nonc1CN1CCN([C@H](C(=O)O)c2cn(C)c3ccc(C(=O)O)cc23)CC1. The molecule has 1 fully saturated rings. The first-order valence-corrected chi connectivity index (χ1v) is 9.64. The third-order valence-corrected chi connectivity index (χ3v) is 5.69. The second-order valence-electron chi connectivity index (χ2n) is 7.58. The molecule has 158 valence electrons. The molecule has 30 heavy (non-hydrogen) atoms. The van der Waals surface area contributed by atoms with E-state index in [1.54, 1.807) is 18.3 Å². The molecule has 1 saturated heterocycles. The molecule has 0 amide bonds. The number of rotatable bonds is 6. The Balaban J connectivity index is 1.58. The first-order chi connectivity index (χ1) is 14.3. The molecule has 0 bridgehead atoms. The van der Waals surface area contributed by atoms with E-state index >= 15 is 0 Å². The van der Waals surface area contributed by atoms with Crippen LogP contribution in [0.5, 0.6) is 0 Å². The largest absolute Gasteiger partial charge is 0.480 e. The first kappa shape index (κ1) is 20.0. The van der Waals surface area contributed by atoms with Gasteiger partial charge in [-0.25, -0.2) is 9.42 Å². The number of piperazine rings is 1. The third kappa shape index (κ3) is 3.66. The van der Waals surface area contributed by atoms with Crippen LogP contribution in [0.3, 0.4) is 0 Å². The number of aromatic carboxylic acids is 1. The molecule has 0 saturated carbocycles. The van der Waals surface area contributed by atoms with Crippen LogP contribution in [0.4, 0.5) is 0 Å². The van der Waals surface area contributed by atoms with E-state index in [0.29, 0.717) is 43.7 Å². The highest BCUT2D eigenvalue weighted by Gasteiger charge is 2.33. The molecule has 3 heterocycles. The second-order valence-corrected chi connectivity index (χ2v) is 7.58. The second kappa shape index (κ2) is 7.88. The first-order valence-electron chi connectivity index (χ1n) is 9.64. The molecule has 1 aliphatic heterocycles. The van der Waals surface area contributed by atoms with E-state index in [1.807, 2.05) is 23.4 Å². The molecule has 1 aromatic carbocycles. The summed E-state index contributed by atoms with van der Waals surface area (Å²) < 4.78 is 6.58. The number of carbonyl (C=O) groups is 2. The average molecular weight is 413 g/mol. The zero-order chi connectivity index (χ0) is 21.4. The highest BCUT2D eigenvalue weighted by Crippen LogP contribution is 2.31. The van der Waals surface area contributed by atoms with Crippen molar-refractivity contribution >= 4 is 22.8 Å². The van der Waals surface area contributed by atoms with Gasteiger partial charge in [0.05, 0.1) is 5.56 Å². The van der Waals surface area contributed by atoms with Gasteiger partial charge in [-0.15, -0.1) is 0 Å². The fourth-order valence-electron chi connectivity index (χ4n) is 4.04. The maximum absolute atomic E-state index is 12.2. The number of hydrogen-bond acceptors (Lipinski definition) is 7. The summed E-state index contributed by atoms with van der Waals surface area (Å²) in [5.74, 6) is -1.99. The molecule has 10 nitrogen and oxygen atoms in total. The summed E-state index contributed by atoms with van der Waals surface area (Å²) in [4.78, 5) is 27.8. The maximum Gasteiger partial charge on any atom is 0.335 e. The van der Waals surface area contributed by atoms with Gasteiger partial charge in [0.15, 0.2) is 0 Å². The van der Waals surface area contributed by atoms with Crippen LogP contribution in [0.25, 0.3) is 10.9 Å². The summed E-state index contributed by atoms with van der Waals surface area (Å²) >= 11 is 0. The lowest BCUT2D eigenvalue weighted by molar-refractivity contribution is -0.144. The molecule has 2 aromatic heterocycles. The van der Waals surface area contributed by atoms with E-state index in [2.05, 4.69) is 15.2 Å². The zero-order valence-corrected chi connectivity index (χ0v) is 16.8. The number of hydrogen-bond donors (Lipinski definition) is 2. The van der Waals surface area contributed by atoms with Crippen LogP contribution in [-0.2, 0) is 18.4 Å². The minimum atomic E-state index is -1.04. The molecule has 0 unspecified atom stereocenters. The van der Waals surface area contributed by atoms with E-state index in [0.717, 1.165) is 16.9 Å². The number of aliphatic carboxylic acids is 1. The van der Waals surface area contributed by atoms with Gasteiger partial charge in [0.2, 0.25) is 0 Å². The van der Waals surface area contributed by atoms with Crippen molar-refractivity contribution in [2.24, 2.45) is 7.05 Å². The number of carboxylic acids is 2. The molecule has 0 spiro atoms. The van der Waals surface area contributed by atoms with Crippen LogP contribution in [0.1, 0.15) is 33.4 Å². The lowest BCUT2D eigenvalue weighted by Gasteiger charge is -2.37. The Bertz CT molecular complexity index is 1100. The molecule has 1 aliphatic rings. The molecular formula is C20H23N5O5. The van der Waals surface area contributed by atoms with Crippen molar-refractivity contribution in [3.05, 3.63) is 46.9 Å². The summed E-state index contributed by atoms with van der Waals surface area (Å²) in [6.45, 7) is 4.95. The normalized spacial score (nSPS) is 16.7. The summed E-state index contributed by atoms with van der Waals surface area (Å²) in [5, 5.41) is 27.7. The topological polar surface area (TPSA) is 125 Å². The highest BCUT2D eigenvalue weighted by molar-refractivity contribution is 5.96. The van der Waals surface area contributed by atoms with Crippen LogP contribution in [-0.4, -0.2) is 73.0 Å². The monoisotopic (exact) mass is 413 g/mol. The summed E-state index contributed by atoms with van der Waals surface area (Å²) in [6.07, 6.45) is 1.78. The fraction of sp³-hybridized carbons (Fsp3) is 0.400. The van der Waals surface area contributed by atoms with Crippen molar-refractivity contribution in [2.45, 2.75) is 19.5 Å². The fourth-order valence-corrected chi connectivity index (χ4v) is 4.04. The van der Waals surface area contributed by atoms with Crippen LogP contribution in [0.2, 0.25) is 0 Å². The minimum absolute atomic E-state index is 0.139. The Labute approximate surface area is 172 Å². The summed E-state index contributed by atoms with van der Waals surface area (Å²) in [7, 11) is 1.83. The molecule has 3 aromatic rings. The Morgan fingerprint density at radius 1 is 1.17 bits per heavy atom. The Kier molecular flexibility index (Phi) is 5.27. The van der Waals surface area contributed by atoms with Crippen molar-refractivity contribution in [1.82, 2.24) is 24.7 Å². The van der Waals surface area contributed by atoms with E-state index in [4.69, 9.17) is 4.63 Å². The molecule has 2 N–H and O–H groups in total. The van der Waals surface area contributed by atoms with Gasteiger partial charge in [-0.2, -0.15) is 0 Å². The molecule has 4 rings (SSSR count). The van der Waals surface area contributed by atoms with Gasteiger partial charge in [0.25, 0.3) is 0 Å². The van der Waals surface area contributed by atoms with E-state index in [9.17, 15) is 19.8 Å². The molecule has 10 heteroatoms. The standard InChI is InChI=1S/C20H23N5O5/c1-12-16(22-30-21-12)11-24-5-7-25(8-6-24)18(20(28)29)15-10-23(2)17-4-3-13(19(26)27)9-14(15)17/h3-4,9-10,18H,5-8,11H2,1-2H3,(H,26,27)(H,28,29)/t18-/m0/s1. The summed E-state index contributed by atoms with van der Waals surface area (Å²) in [6, 6.07) is 3.95. The zero-order valence-electron chi connectivity index (χ0n) is 16.8. The van der Waals surface area contributed by atoms with Crippen molar-refractivity contribution in [3.8, 4) is 0 Å². The Morgan fingerprint density at radius 3 is 2.50 bits per heavy atom. The highest BCUT2D eigenvalue weighted by atomic mass is 16.6. The van der Waals surface area contributed by atoms with Crippen LogP contribution >= 0.6 is 0 Å². The van der Waals surface area contributed by atoms with Crippen LogP contribution < -0.4 is 0 Å². The predicted molar refractivity (Wildman–Crippen MR) is 106 cm³/mol. The number of fused-ring (bicyclic) bond motifs is 1. The van der Waals surface area contributed by atoms with E-state index < -0.39 is 18.0 Å². The van der Waals surface area contributed by atoms with Crippen molar-refractivity contribution in [3.63, 3.8) is 0 Å². The quantitative estimate of drug-likeness (QED) is 0.618. The van der Waals surface area contributed by atoms with Gasteiger partial charge >= 0.3 is 11.9 Å². The van der Waals surface area contributed by atoms with Crippen molar-refractivity contribution in [1.29, 1.82) is 0 Å². The predicted octanol–water partition coefficient (Wildman–Crippen LogP) is 1.51. The smallest absolute Gasteiger partial charge is 0.335 e. The number of benzene rings is 1. The molecule has 0 aliphatic carbocycles. The average Bonchev–Trinajstić information content (AvgIpc) is 3.26. The van der Waals surface area contributed by atoms with Gasteiger partial charge in [-0.1, -0.05) is 10.3 Å². The summed E-state index contributed by atoms with van der Waals surface area (Å²) in [5.41, 5.74) is 3.09. The van der Waals surface area contributed by atoms with Gasteiger partial charge in [0, 0.05) is 62.4 Å². The third-order valence-electron chi connectivity index (χ3n) is 5.69. The molecule has 0 radical (unpaired) electrons. The van der Waals surface area contributed by atoms with Gasteiger partial charge < -0.3 is 14.8 Å². The van der Waals surface area contributed by atoms with Gasteiger partial charge in [0.1, 0.15) is 17.4 Å². The van der Waals surface area contributed by atoms with Crippen molar-refractivity contribution < 1.29 is 24.4 Å². The van der Waals surface area contributed by atoms with Crippen LogP contribution in [0.15, 0.2) is 29.0 Å². The molecular weight excluding hydrogens is 390 g/mol.